The molecule has 0 unspecified atom stereocenters. The Morgan fingerprint density at radius 2 is 1.88 bits per heavy atom. The summed E-state index contributed by atoms with van der Waals surface area (Å²) in [6.07, 6.45) is 5.25. The van der Waals surface area contributed by atoms with Crippen molar-refractivity contribution in [2.75, 3.05) is 11.1 Å². The smallest absolute Gasteiger partial charge is 0.253 e. The molecule has 2 N–H and O–H groups in total. The number of aromatic nitrogens is 3. The van der Waals surface area contributed by atoms with Crippen molar-refractivity contribution in [1.29, 1.82) is 0 Å². The Kier molecular flexibility index (Phi) is 8.00. The maximum atomic E-state index is 12.8. The standard InChI is InChI=1S/C26H31N5O2S/c1-3-15-31-24(19-10-8-9-18(2)16-19)29-30-26(31)34-17-23(32)28-22-14-7-6-13-21(22)25(33)27-20-11-4-5-12-20/h6-10,13-14,16,20H,3-5,11-12,15,17H2,1-2H3,(H,27,33)(H,28,32). The number of carbonyl (C=O) groups is 2. The topological polar surface area (TPSA) is 88.9 Å². The molecule has 7 nitrogen and oxygen atoms in total. The van der Waals surface area contributed by atoms with Crippen molar-refractivity contribution in [3.63, 3.8) is 0 Å². The summed E-state index contributed by atoms with van der Waals surface area (Å²) in [5.41, 5.74) is 3.19. The van der Waals surface area contributed by atoms with E-state index in [1.54, 1.807) is 12.1 Å². The van der Waals surface area contributed by atoms with Gasteiger partial charge in [-0.2, -0.15) is 0 Å². The summed E-state index contributed by atoms with van der Waals surface area (Å²) in [6, 6.07) is 15.5. The second-order valence-electron chi connectivity index (χ2n) is 8.66. The first kappa shape index (κ1) is 24.0. The van der Waals surface area contributed by atoms with Gasteiger partial charge in [0.25, 0.3) is 5.91 Å². The summed E-state index contributed by atoms with van der Waals surface area (Å²) in [4.78, 5) is 25.5. The summed E-state index contributed by atoms with van der Waals surface area (Å²) in [6.45, 7) is 4.93. The molecule has 178 valence electrons. The van der Waals surface area contributed by atoms with Gasteiger partial charge in [-0.25, -0.2) is 0 Å². The Bertz CT molecular complexity index is 1150. The molecule has 1 aromatic heterocycles. The summed E-state index contributed by atoms with van der Waals surface area (Å²) >= 11 is 1.35. The number of benzene rings is 2. The maximum absolute atomic E-state index is 12.8. The highest BCUT2D eigenvalue weighted by Gasteiger charge is 2.21. The van der Waals surface area contributed by atoms with Crippen LogP contribution in [0.5, 0.6) is 0 Å². The molecule has 4 rings (SSSR count). The fraction of sp³-hybridized carbons (Fsp3) is 0.385. The fourth-order valence-corrected chi connectivity index (χ4v) is 5.02. The van der Waals surface area contributed by atoms with Gasteiger partial charge in [0.2, 0.25) is 5.91 Å². The zero-order chi connectivity index (χ0) is 23.9. The number of nitrogens with zero attached hydrogens (tertiary/aromatic N) is 3. The number of nitrogens with one attached hydrogen (secondary N) is 2. The number of thioether (sulfide) groups is 1. The molecule has 0 bridgehead atoms. The van der Waals surface area contributed by atoms with E-state index >= 15 is 0 Å². The molecule has 2 amide bonds. The van der Waals surface area contributed by atoms with Gasteiger partial charge in [-0.3, -0.25) is 9.59 Å². The second kappa shape index (κ2) is 11.3. The minimum Gasteiger partial charge on any atom is -0.349 e. The van der Waals surface area contributed by atoms with Gasteiger partial charge in [0.05, 0.1) is 17.0 Å². The van der Waals surface area contributed by atoms with E-state index in [-0.39, 0.29) is 23.6 Å². The lowest BCUT2D eigenvalue weighted by Gasteiger charge is -2.15. The summed E-state index contributed by atoms with van der Waals surface area (Å²) in [7, 11) is 0. The number of anilines is 1. The van der Waals surface area contributed by atoms with Gasteiger partial charge < -0.3 is 15.2 Å². The first-order valence-corrected chi connectivity index (χ1v) is 12.9. The Balaban J connectivity index is 1.42. The van der Waals surface area contributed by atoms with E-state index in [2.05, 4.69) is 51.4 Å². The largest absolute Gasteiger partial charge is 0.349 e. The molecule has 3 aromatic rings. The summed E-state index contributed by atoms with van der Waals surface area (Å²) in [5.74, 6) is 0.659. The van der Waals surface area contributed by atoms with E-state index in [1.165, 1.54) is 11.8 Å². The van der Waals surface area contributed by atoms with Crippen molar-refractivity contribution in [2.45, 2.75) is 63.7 Å². The first-order chi connectivity index (χ1) is 16.5. The lowest BCUT2D eigenvalue weighted by atomic mass is 10.1. The van der Waals surface area contributed by atoms with Crippen molar-refractivity contribution in [2.24, 2.45) is 0 Å². The zero-order valence-corrected chi connectivity index (χ0v) is 20.5. The van der Waals surface area contributed by atoms with Gasteiger partial charge in [-0.15, -0.1) is 10.2 Å². The van der Waals surface area contributed by atoms with E-state index in [9.17, 15) is 9.59 Å². The molecule has 0 aliphatic heterocycles. The van der Waals surface area contributed by atoms with Crippen LogP contribution in [0, 0.1) is 6.92 Å². The van der Waals surface area contributed by atoms with Crippen LogP contribution in [-0.2, 0) is 11.3 Å². The predicted octanol–water partition coefficient (Wildman–Crippen LogP) is 5.07. The number of hydrogen-bond donors (Lipinski definition) is 2. The Labute approximate surface area is 204 Å². The predicted molar refractivity (Wildman–Crippen MR) is 136 cm³/mol. The SMILES string of the molecule is CCCn1c(SCC(=O)Nc2ccccc2C(=O)NC2CCCC2)nnc1-c1cccc(C)c1. The number of aryl methyl sites for hydroxylation is 1. The van der Waals surface area contributed by atoms with Crippen LogP contribution in [0.3, 0.4) is 0 Å². The molecule has 0 saturated heterocycles. The lowest BCUT2D eigenvalue weighted by Crippen LogP contribution is -2.33. The van der Waals surface area contributed by atoms with Gasteiger partial charge in [-0.05, 0) is 44.4 Å². The van der Waals surface area contributed by atoms with Gasteiger partial charge in [0, 0.05) is 18.2 Å². The molecule has 1 heterocycles. The molecule has 1 saturated carbocycles. The summed E-state index contributed by atoms with van der Waals surface area (Å²) in [5, 5.41) is 15.5. The van der Waals surface area contributed by atoms with Crippen molar-refractivity contribution < 1.29 is 9.59 Å². The van der Waals surface area contributed by atoms with Crippen LogP contribution >= 0.6 is 11.8 Å². The van der Waals surface area contributed by atoms with Crippen LogP contribution in [0.2, 0.25) is 0 Å². The lowest BCUT2D eigenvalue weighted by molar-refractivity contribution is -0.113. The van der Waals surface area contributed by atoms with E-state index in [1.807, 2.05) is 24.3 Å². The average molecular weight is 478 g/mol. The average Bonchev–Trinajstić information content (AvgIpc) is 3.48. The fourth-order valence-electron chi connectivity index (χ4n) is 4.26. The number of carbonyl (C=O) groups excluding carboxylic acids is 2. The Morgan fingerprint density at radius 3 is 2.65 bits per heavy atom. The normalized spacial score (nSPS) is 13.7. The second-order valence-corrected chi connectivity index (χ2v) is 9.61. The molecular formula is C26H31N5O2S. The van der Waals surface area contributed by atoms with Gasteiger partial charge >= 0.3 is 0 Å². The van der Waals surface area contributed by atoms with Gasteiger partial charge in [0.1, 0.15) is 0 Å². The van der Waals surface area contributed by atoms with Crippen LogP contribution in [0.1, 0.15) is 54.9 Å². The molecule has 1 fully saturated rings. The number of amides is 2. The van der Waals surface area contributed by atoms with Crippen LogP contribution < -0.4 is 10.6 Å². The third-order valence-corrected chi connectivity index (χ3v) is 6.88. The van der Waals surface area contributed by atoms with Gasteiger partial charge in [-0.1, -0.05) is 67.4 Å². The van der Waals surface area contributed by atoms with E-state index in [0.717, 1.165) is 55.6 Å². The zero-order valence-electron chi connectivity index (χ0n) is 19.7. The highest BCUT2D eigenvalue weighted by atomic mass is 32.2. The van der Waals surface area contributed by atoms with Crippen LogP contribution in [-0.4, -0.2) is 38.4 Å². The quantitative estimate of drug-likeness (QED) is 0.420. The third-order valence-electron chi connectivity index (χ3n) is 5.91. The maximum Gasteiger partial charge on any atom is 0.253 e. The molecule has 0 atom stereocenters. The van der Waals surface area contributed by atoms with E-state index in [4.69, 9.17) is 0 Å². The van der Waals surface area contributed by atoms with Crippen molar-refractivity contribution in [1.82, 2.24) is 20.1 Å². The first-order valence-electron chi connectivity index (χ1n) is 11.9. The number of para-hydroxylation sites is 1. The van der Waals surface area contributed by atoms with Crippen molar-refractivity contribution >= 4 is 29.3 Å². The van der Waals surface area contributed by atoms with Crippen LogP contribution in [0.4, 0.5) is 5.69 Å². The monoisotopic (exact) mass is 477 g/mol. The van der Waals surface area contributed by atoms with Gasteiger partial charge in [0.15, 0.2) is 11.0 Å². The molecule has 34 heavy (non-hydrogen) atoms. The van der Waals surface area contributed by atoms with Crippen molar-refractivity contribution in [3.8, 4) is 11.4 Å². The summed E-state index contributed by atoms with van der Waals surface area (Å²) < 4.78 is 2.07. The highest BCUT2D eigenvalue weighted by molar-refractivity contribution is 7.99. The number of hydrogen-bond acceptors (Lipinski definition) is 5. The molecule has 0 radical (unpaired) electrons. The molecular weight excluding hydrogens is 446 g/mol. The van der Waals surface area contributed by atoms with Crippen molar-refractivity contribution in [3.05, 3.63) is 59.7 Å². The minimum atomic E-state index is -0.186. The minimum absolute atomic E-state index is 0.138. The molecule has 1 aliphatic rings. The van der Waals surface area contributed by atoms with Crippen LogP contribution in [0.25, 0.3) is 11.4 Å². The molecule has 8 heteroatoms. The molecule has 0 spiro atoms. The third kappa shape index (κ3) is 5.86. The number of rotatable bonds is 9. The van der Waals surface area contributed by atoms with E-state index < -0.39 is 0 Å². The highest BCUT2D eigenvalue weighted by Crippen LogP contribution is 2.26. The van der Waals surface area contributed by atoms with Crippen LogP contribution in [0.15, 0.2) is 53.7 Å². The Hall–Kier alpha value is -3.13. The molecule has 2 aromatic carbocycles. The Morgan fingerprint density at radius 1 is 1.09 bits per heavy atom. The molecule has 1 aliphatic carbocycles. The van der Waals surface area contributed by atoms with E-state index in [0.29, 0.717) is 16.4 Å².